The first-order valence-electron chi connectivity index (χ1n) is 9.32. The molecule has 0 aliphatic carbocycles. The van der Waals surface area contributed by atoms with Gasteiger partial charge in [0.25, 0.3) is 5.91 Å². The van der Waals surface area contributed by atoms with Crippen LogP contribution in [0, 0.1) is 0 Å². The number of anilines is 1. The van der Waals surface area contributed by atoms with Crippen molar-refractivity contribution in [3.8, 4) is 17.2 Å². The van der Waals surface area contributed by atoms with Gasteiger partial charge in [-0.1, -0.05) is 12.1 Å². The monoisotopic (exact) mass is 368 g/mol. The third kappa shape index (κ3) is 4.34. The molecule has 0 aromatic heterocycles. The Bertz CT molecular complexity index is 785. The van der Waals surface area contributed by atoms with E-state index in [-0.39, 0.29) is 18.6 Å². The van der Waals surface area contributed by atoms with Gasteiger partial charge in [0.05, 0.1) is 0 Å². The second kappa shape index (κ2) is 7.88. The highest BCUT2D eigenvalue weighted by Crippen LogP contribution is 2.31. The molecule has 1 N–H and O–H groups in total. The quantitative estimate of drug-likeness (QED) is 0.899. The first-order valence-corrected chi connectivity index (χ1v) is 9.32. The molecule has 2 aliphatic heterocycles. The molecule has 4 rings (SSSR count). The molecule has 1 saturated heterocycles. The number of amides is 1. The molecule has 1 atom stereocenters. The van der Waals surface area contributed by atoms with Crippen molar-refractivity contribution in [2.75, 3.05) is 32.1 Å². The highest BCUT2D eigenvalue weighted by Gasteiger charge is 2.27. The van der Waals surface area contributed by atoms with Crippen LogP contribution in [0.2, 0.25) is 0 Å². The van der Waals surface area contributed by atoms with E-state index in [2.05, 4.69) is 17.3 Å². The summed E-state index contributed by atoms with van der Waals surface area (Å²) in [4.78, 5) is 14.8. The minimum Gasteiger partial charge on any atom is -0.490 e. The largest absolute Gasteiger partial charge is 0.490 e. The standard InChI is InChI=1S/C21H24N2O4/c1-23-12-10-17(11-13-23)26-16-8-6-15(7-9-16)22-21(24)20-14-25-18-4-2-3-5-19(18)27-20/h2-9,17,20H,10-14H2,1H3,(H,22,24)/t20-/m1/s1. The molecule has 27 heavy (non-hydrogen) atoms. The van der Waals surface area contributed by atoms with E-state index in [4.69, 9.17) is 14.2 Å². The summed E-state index contributed by atoms with van der Waals surface area (Å²) in [5.41, 5.74) is 0.707. The van der Waals surface area contributed by atoms with Crippen LogP contribution in [-0.2, 0) is 4.79 Å². The van der Waals surface area contributed by atoms with Gasteiger partial charge in [0, 0.05) is 18.8 Å². The normalized spacial score (nSPS) is 20.1. The number of fused-ring (bicyclic) bond motifs is 1. The van der Waals surface area contributed by atoms with Gasteiger partial charge in [0.1, 0.15) is 18.5 Å². The van der Waals surface area contributed by atoms with E-state index in [1.807, 2.05) is 42.5 Å². The summed E-state index contributed by atoms with van der Waals surface area (Å²) in [7, 11) is 2.13. The van der Waals surface area contributed by atoms with Crippen LogP contribution in [-0.4, -0.2) is 49.8 Å². The lowest BCUT2D eigenvalue weighted by atomic mass is 10.1. The van der Waals surface area contributed by atoms with Gasteiger partial charge in [-0.2, -0.15) is 0 Å². The molecule has 142 valence electrons. The smallest absolute Gasteiger partial charge is 0.269 e. The maximum atomic E-state index is 12.5. The topological polar surface area (TPSA) is 60.0 Å². The molecule has 2 heterocycles. The number of carbonyl (C=O) groups excluding carboxylic acids is 1. The molecule has 6 nitrogen and oxygen atoms in total. The molecular formula is C21H24N2O4. The van der Waals surface area contributed by atoms with Crippen molar-refractivity contribution in [1.82, 2.24) is 4.90 Å². The first kappa shape index (κ1) is 17.7. The SMILES string of the molecule is CN1CCC(Oc2ccc(NC(=O)[C@H]3COc4ccccc4O3)cc2)CC1. The van der Waals surface area contributed by atoms with Crippen LogP contribution in [0.3, 0.4) is 0 Å². The van der Waals surface area contributed by atoms with Crippen LogP contribution in [0.15, 0.2) is 48.5 Å². The third-order valence-corrected chi connectivity index (χ3v) is 4.89. The van der Waals surface area contributed by atoms with Crippen molar-refractivity contribution in [3.05, 3.63) is 48.5 Å². The molecule has 1 amide bonds. The molecule has 1 fully saturated rings. The van der Waals surface area contributed by atoms with Gasteiger partial charge in [0.15, 0.2) is 11.5 Å². The number of rotatable bonds is 4. The lowest BCUT2D eigenvalue weighted by Gasteiger charge is -2.29. The van der Waals surface area contributed by atoms with E-state index in [0.717, 1.165) is 31.7 Å². The predicted octanol–water partition coefficient (Wildman–Crippen LogP) is 2.94. The summed E-state index contributed by atoms with van der Waals surface area (Å²) in [6.07, 6.45) is 1.66. The summed E-state index contributed by atoms with van der Waals surface area (Å²) >= 11 is 0. The molecule has 0 bridgehead atoms. The Labute approximate surface area is 159 Å². The van der Waals surface area contributed by atoms with Gasteiger partial charge in [-0.3, -0.25) is 4.79 Å². The summed E-state index contributed by atoms with van der Waals surface area (Å²) in [6, 6.07) is 14.8. The van der Waals surface area contributed by atoms with Gasteiger partial charge in [-0.25, -0.2) is 0 Å². The summed E-state index contributed by atoms with van der Waals surface area (Å²) < 4.78 is 17.4. The van der Waals surface area contributed by atoms with E-state index in [9.17, 15) is 4.79 Å². The first-order chi connectivity index (χ1) is 13.2. The average molecular weight is 368 g/mol. The summed E-state index contributed by atoms with van der Waals surface area (Å²) in [5.74, 6) is 1.85. The van der Waals surface area contributed by atoms with Crippen LogP contribution < -0.4 is 19.5 Å². The predicted molar refractivity (Wildman–Crippen MR) is 103 cm³/mol. The van der Waals surface area contributed by atoms with E-state index >= 15 is 0 Å². The molecule has 0 saturated carbocycles. The fourth-order valence-electron chi connectivity index (χ4n) is 3.28. The van der Waals surface area contributed by atoms with Crippen LogP contribution in [0.25, 0.3) is 0 Å². The fourth-order valence-corrected chi connectivity index (χ4v) is 3.28. The number of para-hydroxylation sites is 2. The summed E-state index contributed by atoms with van der Waals surface area (Å²) in [6.45, 7) is 2.32. The Kier molecular flexibility index (Phi) is 5.16. The van der Waals surface area contributed by atoms with E-state index in [1.165, 1.54) is 0 Å². The zero-order valence-electron chi connectivity index (χ0n) is 15.4. The van der Waals surface area contributed by atoms with Crippen molar-refractivity contribution in [3.63, 3.8) is 0 Å². The van der Waals surface area contributed by atoms with Crippen molar-refractivity contribution in [2.45, 2.75) is 25.0 Å². The zero-order valence-corrected chi connectivity index (χ0v) is 15.4. The fraction of sp³-hybridized carbons (Fsp3) is 0.381. The van der Waals surface area contributed by atoms with Crippen LogP contribution in [0.4, 0.5) is 5.69 Å². The minimum atomic E-state index is -0.671. The number of likely N-dealkylation sites (tertiary alicyclic amines) is 1. The Morgan fingerprint density at radius 1 is 1.07 bits per heavy atom. The second-order valence-corrected chi connectivity index (χ2v) is 7.00. The number of nitrogens with one attached hydrogen (secondary N) is 1. The maximum Gasteiger partial charge on any atom is 0.269 e. The molecule has 2 aliphatic rings. The van der Waals surface area contributed by atoms with Crippen molar-refractivity contribution in [2.24, 2.45) is 0 Å². The Balaban J connectivity index is 1.31. The second-order valence-electron chi connectivity index (χ2n) is 7.00. The number of hydrogen-bond donors (Lipinski definition) is 1. The lowest BCUT2D eigenvalue weighted by molar-refractivity contribution is -0.125. The number of nitrogens with zero attached hydrogens (tertiary/aromatic N) is 1. The lowest BCUT2D eigenvalue weighted by Crippen LogP contribution is -2.40. The van der Waals surface area contributed by atoms with Gasteiger partial charge >= 0.3 is 0 Å². The highest BCUT2D eigenvalue weighted by atomic mass is 16.6. The van der Waals surface area contributed by atoms with Gasteiger partial charge in [0.2, 0.25) is 6.10 Å². The Morgan fingerprint density at radius 3 is 2.52 bits per heavy atom. The average Bonchev–Trinajstić information content (AvgIpc) is 2.71. The van der Waals surface area contributed by atoms with Crippen LogP contribution >= 0.6 is 0 Å². The van der Waals surface area contributed by atoms with Crippen molar-refractivity contribution >= 4 is 11.6 Å². The van der Waals surface area contributed by atoms with Gasteiger partial charge in [-0.05, 0) is 56.3 Å². The molecule has 6 heteroatoms. The van der Waals surface area contributed by atoms with Crippen molar-refractivity contribution in [1.29, 1.82) is 0 Å². The number of ether oxygens (including phenoxy) is 3. The van der Waals surface area contributed by atoms with E-state index in [1.54, 1.807) is 6.07 Å². The number of hydrogen-bond acceptors (Lipinski definition) is 5. The number of carbonyl (C=O) groups is 1. The zero-order chi connectivity index (χ0) is 18.6. The van der Waals surface area contributed by atoms with Gasteiger partial charge < -0.3 is 24.4 Å². The molecule has 0 spiro atoms. The molecule has 0 radical (unpaired) electrons. The van der Waals surface area contributed by atoms with Crippen molar-refractivity contribution < 1.29 is 19.0 Å². The molecule has 2 aromatic carbocycles. The Hall–Kier alpha value is -2.73. The van der Waals surface area contributed by atoms with E-state index < -0.39 is 6.10 Å². The van der Waals surface area contributed by atoms with Crippen LogP contribution in [0.5, 0.6) is 17.2 Å². The summed E-state index contributed by atoms with van der Waals surface area (Å²) in [5, 5.41) is 2.87. The molecule has 2 aromatic rings. The van der Waals surface area contributed by atoms with Gasteiger partial charge in [-0.15, -0.1) is 0 Å². The van der Waals surface area contributed by atoms with Crippen LogP contribution in [0.1, 0.15) is 12.8 Å². The highest BCUT2D eigenvalue weighted by molar-refractivity contribution is 5.94. The minimum absolute atomic E-state index is 0.195. The molecule has 0 unspecified atom stereocenters. The number of piperidine rings is 1. The number of benzene rings is 2. The Morgan fingerprint density at radius 2 is 1.78 bits per heavy atom. The third-order valence-electron chi connectivity index (χ3n) is 4.89. The molecular weight excluding hydrogens is 344 g/mol. The maximum absolute atomic E-state index is 12.5. The van der Waals surface area contributed by atoms with E-state index in [0.29, 0.717) is 17.2 Å².